The molecule has 3 aromatic rings. The lowest BCUT2D eigenvalue weighted by atomic mass is 9.94. The Morgan fingerprint density at radius 3 is 2.65 bits per heavy atom. The fraction of sp³-hybridized carbons (Fsp3) is 0.250. The van der Waals surface area contributed by atoms with Crippen molar-refractivity contribution in [3.05, 3.63) is 53.7 Å². The summed E-state index contributed by atoms with van der Waals surface area (Å²) in [6, 6.07) is 14.5. The van der Waals surface area contributed by atoms with Crippen LogP contribution in [0.15, 0.2) is 42.5 Å². The molecule has 1 aromatic heterocycles. The van der Waals surface area contributed by atoms with Crippen molar-refractivity contribution in [3.8, 4) is 11.1 Å². The topological polar surface area (TPSA) is 44.9 Å². The first-order valence-electron chi connectivity index (χ1n) is 8.23. The average Bonchev–Trinajstić information content (AvgIpc) is 2.94. The molecule has 0 aliphatic heterocycles. The Morgan fingerprint density at radius 1 is 1.00 bits per heavy atom. The van der Waals surface area contributed by atoms with Gasteiger partial charge in [-0.2, -0.15) is 0 Å². The molecule has 1 amide bonds. The summed E-state index contributed by atoms with van der Waals surface area (Å²) in [7, 11) is 0. The molecule has 4 rings (SSSR count). The van der Waals surface area contributed by atoms with Crippen molar-refractivity contribution in [1.82, 2.24) is 4.98 Å². The average molecular weight is 304 g/mol. The van der Waals surface area contributed by atoms with Crippen molar-refractivity contribution in [2.24, 2.45) is 0 Å². The predicted octanol–water partition coefficient (Wildman–Crippen LogP) is 4.67. The third-order valence-corrected chi connectivity index (χ3v) is 4.66. The summed E-state index contributed by atoms with van der Waals surface area (Å²) in [5.74, 6) is -0.0459. The Bertz CT molecular complexity index is 892. The highest BCUT2D eigenvalue weighted by Gasteiger charge is 2.18. The molecule has 1 aliphatic rings. The van der Waals surface area contributed by atoms with Gasteiger partial charge in [-0.25, -0.2) is 0 Å². The predicted molar refractivity (Wildman–Crippen MR) is 94.7 cm³/mol. The maximum atomic E-state index is 11.5. The molecular formula is C20H20N2O. The lowest BCUT2D eigenvalue weighted by Crippen LogP contribution is -2.06. The van der Waals surface area contributed by atoms with Gasteiger partial charge >= 0.3 is 0 Å². The van der Waals surface area contributed by atoms with Crippen LogP contribution < -0.4 is 5.32 Å². The third kappa shape index (κ3) is 2.42. The fourth-order valence-corrected chi connectivity index (χ4v) is 3.67. The van der Waals surface area contributed by atoms with Crippen LogP contribution in [0.5, 0.6) is 0 Å². The molecule has 1 aliphatic carbocycles. The van der Waals surface area contributed by atoms with E-state index in [0.29, 0.717) is 0 Å². The highest BCUT2D eigenvalue weighted by molar-refractivity contribution is 6.02. The van der Waals surface area contributed by atoms with Crippen molar-refractivity contribution < 1.29 is 4.79 Å². The minimum atomic E-state index is -0.0459. The Morgan fingerprint density at radius 2 is 1.78 bits per heavy atom. The number of nitrogens with one attached hydrogen (secondary N) is 2. The Kier molecular flexibility index (Phi) is 3.41. The molecule has 2 N–H and O–H groups in total. The van der Waals surface area contributed by atoms with E-state index >= 15 is 0 Å². The van der Waals surface area contributed by atoms with Crippen molar-refractivity contribution in [2.75, 3.05) is 5.32 Å². The van der Waals surface area contributed by atoms with Gasteiger partial charge in [0.25, 0.3) is 0 Å². The smallest absolute Gasteiger partial charge is 0.221 e. The Hall–Kier alpha value is -2.55. The van der Waals surface area contributed by atoms with E-state index in [1.807, 2.05) is 18.2 Å². The number of anilines is 1. The van der Waals surface area contributed by atoms with Gasteiger partial charge in [0.15, 0.2) is 0 Å². The van der Waals surface area contributed by atoms with Gasteiger partial charge in [-0.1, -0.05) is 36.4 Å². The summed E-state index contributed by atoms with van der Waals surface area (Å²) >= 11 is 0. The molecular weight excluding hydrogens is 284 g/mol. The number of hydrogen-bond acceptors (Lipinski definition) is 1. The van der Waals surface area contributed by atoms with E-state index in [1.54, 1.807) is 6.92 Å². The van der Waals surface area contributed by atoms with Crippen molar-refractivity contribution in [1.29, 1.82) is 0 Å². The van der Waals surface area contributed by atoms with E-state index < -0.39 is 0 Å². The number of aryl methyl sites for hydroxylation is 2. The lowest BCUT2D eigenvalue weighted by Gasteiger charge is -2.11. The minimum Gasteiger partial charge on any atom is -0.358 e. The van der Waals surface area contributed by atoms with E-state index in [2.05, 4.69) is 34.6 Å². The molecule has 0 fully saturated rings. The van der Waals surface area contributed by atoms with Crippen LogP contribution in [0, 0.1) is 0 Å². The summed E-state index contributed by atoms with van der Waals surface area (Å²) in [6.45, 7) is 1.55. The van der Waals surface area contributed by atoms with Crippen LogP contribution in [0.4, 0.5) is 5.69 Å². The number of para-hydroxylation sites is 2. The number of H-pyrrole nitrogens is 1. The molecule has 0 unspecified atom stereocenters. The summed E-state index contributed by atoms with van der Waals surface area (Å²) in [5.41, 5.74) is 7.13. The first-order valence-corrected chi connectivity index (χ1v) is 8.23. The van der Waals surface area contributed by atoms with Crippen LogP contribution >= 0.6 is 0 Å². The van der Waals surface area contributed by atoms with Crippen LogP contribution in [0.25, 0.3) is 22.0 Å². The summed E-state index contributed by atoms with van der Waals surface area (Å²) in [4.78, 5) is 15.2. The number of aromatic nitrogens is 1. The highest BCUT2D eigenvalue weighted by Crippen LogP contribution is 2.37. The second-order valence-electron chi connectivity index (χ2n) is 6.24. The van der Waals surface area contributed by atoms with Crippen molar-refractivity contribution >= 4 is 22.5 Å². The molecule has 0 spiro atoms. The summed E-state index contributed by atoms with van der Waals surface area (Å²) in [5, 5.41) is 4.27. The molecule has 0 bridgehead atoms. The molecule has 2 aromatic carbocycles. The van der Waals surface area contributed by atoms with Gasteiger partial charge in [-0.05, 0) is 37.3 Å². The van der Waals surface area contributed by atoms with E-state index in [0.717, 1.165) is 29.7 Å². The van der Waals surface area contributed by atoms with E-state index in [9.17, 15) is 4.79 Å². The van der Waals surface area contributed by atoms with Crippen molar-refractivity contribution in [3.63, 3.8) is 0 Å². The molecule has 0 atom stereocenters. The van der Waals surface area contributed by atoms with Gasteiger partial charge in [0, 0.05) is 34.8 Å². The maximum absolute atomic E-state index is 11.5. The van der Waals surface area contributed by atoms with Crippen LogP contribution in [0.3, 0.4) is 0 Å². The first-order chi connectivity index (χ1) is 11.2. The number of amides is 1. The number of fused-ring (bicyclic) bond motifs is 3. The fourth-order valence-electron chi connectivity index (χ4n) is 3.67. The normalized spacial score (nSPS) is 13.8. The van der Waals surface area contributed by atoms with Gasteiger partial charge in [-0.3, -0.25) is 4.79 Å². The number of aromatic amines is 1. The molecule has 0 saturated carbocycles. The van der Waals surface area contributed by atoms with E-state index in [4.69, 9.17) is 0 Å². The number of hydrogen-bond donors (Lipinski definition) is 2. The standard InChI is InChI=1S/C20H20N2O/c1-13(23)21-18-11-4-2-7-14(18)16-9-6-10-17-15-8-3-5-12-19(15)22-20(16)17/h2,4,6-7,9-11,22H,3,5,8,12H2,1H3,(H,21,23). The van der Waals surface area contributed by atoms with Gasteiger partial charge in [0.1, 0.15) is 0 Å². The molecule has 23 heavy (non-hydrogen) atoms. The van der Waals surface area contributed by atoms with E-state index in [1.165, 1.54) is 35.0 Å². The largest absolute Gasteiger partial charge is 0.358 e. The highest BCUT2D eigenvalue weighted by atomic mass is 16.1. The van der Waals surface area contributed by atoms with Crippen LogP contribution in [-0.2, 0) is 17.6 Å². The molecule has 116 valence electrons. The summed E-state index contributed by atoms with van der Waals surface area (Å²) < 4.78 is 0. The second-order valence-corrected chi connectivity index (χ2v) is 6.24. The molecule has 0 saturated heterocycles. The summed E-state index contributed by atoms with van der Waals surface area (Å²) in [6.07, 6.45) is 4.83. The molecule has 3 nitrogen and oxygen atoms in total. The number of benzene rings is 2. The molecule has 1 heterocycles. The maximum Gasteiger partial charge on any atom is 0.221 e. The lowest BCUT2D eigenvalue weighted by molar-refractivity contribution is -0.114. The zero-order valence-electron chi connectivity index (χ0n) is 13.3. The first kappa shape index (κ1) is 14.1. The van der Waals surface area contributed by atoms with Crippen LogP contribution in [0.2, 0.25) is 0 Å². The SMILES string of the molecule is CC(=O)Nc1ccccc1-c1cccc2c3c([nH]c12)CCCC3. The van der Waals surface area contributed by atoms with Gasteiger partial charge < -0.3 is 10.3 Å². The molecule has 3 heteroatoms. The minimum absolute atomic E-state index is 0.0459. The Balaban J connectivity index is 1.93. The quantitative estimate of drug-likeness (QED) is 0.710. The van der Waals surface area contributed by atoms with Gasteiger partial charge in [0.2, 0.25) is 5.91 Å². The van der Waals surface area contributed by atoms with Gasteiger partial charge in [-0.15, -0.1) is 0 Å². The second kappa shape index (κ2) is 5.58. The number of carbonyl (C=O) groups excluding carboxylic acids is 1. The van der Waals surface area contributed by atoms with E-state index in [-0.39, 0.29) is 5.91 Å². The van der Waals surface area contributed by atoms with Crippen LogP contribution in [0.1, 0.15) is 31.0 Å². The van der Waals surface area contributed by atoms with Crippen molar-refractivity contribution in [2.45, 2.75) is 32.6 Å². The number of carbonyl (C=O) groups is 1. The monoisotopic (exact) mass is 304 g/mol. The Labute approximate surface area is 135 Å². The zero-order chi connectivity index (χ0) is 15.8. The van der Waals surface area contributed by atoms with Gasteiger partial charge in [0.05, 0.1) is 5.52 Å². The third-order valence-electron chi connectivity index (χ3n) is 4.66. The zero-order valence-corrected chi connectivity index (χ0v) is 13.3. The van der Waals surface area contributed by atoms with Crippen LogP contribution in [-0.4, -0.2) is 10.9 Å². The molecule has 0 radical (unpaired) electrons. The number of rotatable bonds is 2.